The zero-order valence-electron chi connectivity index (χ0n) is 18.9. The molecule has 1 aliphatic heterocycles. The van der Waals surface area contributed by atoms with Crippen LogP contribution in [-0.4, -0.2) is 50.2 Å². The van der Waals surface area contributed by atoms with Gasteiger partial charge in [0.05, 0.1) is 10.8 Å². The zero-order valence-corrected chi connectivity index (χ0v) is 19.7. The van der Waals surface area contributed by atoms with Crippen LogP contribution in [0.4, 0.5) is 10.2 Å². The van der Waals surface area contributed by atoms with Crippen molar-refractivity contribution in [2.24, 2.45) is 0 Å². The Balaban J connectivity index is 1.38. The summed E-state index contributed by atoms with van der Waals surface area (Å²) in [6, 6.07) is 8.00. The first-order valence-electron chi connectivity index (χ1n) is 11.2. The summed E-state index contributed by atoms with van der Waals surface area (Å²) in [4.78, 5) is 17.4. The van der Waals surface area contributed by atoms with E-state index in [9.17, 15) is 17.6 Å². The van der Waals surface area contributed by atoms with Crippen LogP contribution in [0.25, 0.3) is 11.5 Å². The lowest BCUT2D eigenvalue weighted by molar-refractivity contribution is 0.102. The van der Waals surface area contributed by atoms with E-state index in [-0.39, 0.29) is 29.2 Å². The molecule has 34 heavy (non-hydrogen) atoms. The van der Waals surface area contributed by atoms with E-state index in [2.05, 4.69) is 20.5 Å². The first-order chi connectivity index (χ1) is 16.2. The number of benzene rings is 1. The number of rotatable bonds is 6. The molecule has 5 rings (SSSR count). The van der Waals surface area contributed by atoms with Crippen molar-refractivity contribution in [1.29, 1.82) is 0 Å². The summed E-state index contributed by atoms with van der Waals surface area (Å²) in [5, 5.41) is 10.4. The monoisotopic (exact) mass is 484 g/mol. The molecule has 2 aliphatic rings. The maximum absolute atomic E-state index is 14.8. The van der Waals surface area contributed by atoms with Crippen molar-refractivity contribution >= 4 is 21.7 Å². The highest BCUT2D eigenvalue weighted by atomic mass is 32.2. The topological polar surface area (TPSA) is 110 Å². The molecular weight excluding hydrogens is 459 g/mol. The van der Waals surface area contributed by atoms with E-state index >= 15 is 0 Å². The van der Waals surface area contributed by atoms with Crippen molar-refractivity contribution in [2.75, 3.05) is 11.9 Å². The summed E-state index contributed by atoms with van der Waals surface area (Å²) in [5.74, 6) is -0.498. The number of hydrogen-bond donors (Lipinski definition) is 1. The predicted octanol–water partition coefficient (Wildman–Crippen LogP) is 3.16. The molecule has 1 saturated carbocycles. The van der Waals surface area contributed by atoms with Crippen molar-refractivity contribution < 1.29 is 17.6 Å². The van der Waals surface area contributed by atoms with Crippen LogP contribution in [0.1, 0.15) is 54.2 Å². The fourth-order valence-electron chi connectivity index (χ4n) is 4.14. The van der Waals surface area contributed by atoms with Crippen molar-refractivity contribution in [1.82, 2.24) is 24.1 Å². The minimum atomic E-state index is -3.34. The molecule has 1 amide bonds. The Labute approximate surface area is 197 Å². The van der Waals surface area contributed by atoms with Crippen molar-refractivity contribution in [2.45, 2.75) is 50.9 Å². The van der Waals surface area contributed by atoms with Gasteiger partial charge in [0.15, 0.2) is 5.82 Å². The second-order valence-corrected chi connectivity index (χ2v) is 11.2. The van der Waals surface area contributed by atoms with E-state index in [1.807, 2.05) is 18.4 Å². The second kappa shape index (κ2) is 8.55. The smallest absolute Gasteiger partial charge is 0.259 e. The van der Waals surface area contributed by atoms with Crippen LogP contribution in [0.3, 0.4) is 0 Å². The van der Waals surface area contributed by atoms with E-state index in [1.165, 1.54) is 16.4 Å². The molecule has 0 atom stereocenters. The third-order valence-electron chi connectivity index (χ3n) is 6.17. The maximum Gasteiger partial charge on any atom is 0.259 e. The van der Waals surface area contributed by atoms with Gasteiger partial charge in [0.1, 0.15) is 23.7 Å². The number of carbonyl (C=O) groups is 1. The van der Waals surface area contributed by atoms with Crippen molar-refractivity contribution in [3.63, 3.8) is 0 Å². The van der Waals surface area contributed by atoms with Crippen LogP contribution in [0.2, 0.25) is 0 Å². The summed E-state index contributed by atoms with van der Waals surface area (Å²) in [7, 11) is -3.34. The van der Waals surface area contributed by atoms with Crippen molar-refractivity contribution in [3.8, 4) is 11.5 Å². The summed E-state index contributed by atoms with van der Waals surface area (Å²) in [5.41, 5.74) is 1.75. The molecule has 0 spiro atoms. The number of amides is 1. The third kappa shape index (κ3) is 4.21. The van der Waals surface area contributed by atoms with Gasteiger partial charge in [-0.1, -0.05) is 6.07 Å². The molecule has 0 unspecified atom stereocenters. The molecule has 9 nitrogen and oxygen atoms in total. The molecule has 0 bridgehead atoms. The van der Waals surface area contributed by atoms with E-state index in [4.69, 9.17) is 0 Å². The fourth-order valence-corrected chi connectivity index (χ4v) is 5.96. The first kappa shape index (κ1) is 22.6. The van der Waals surface area contributed by atoms with E-state index in [0.717, 1.165) is 5.56 Å². The number of nitrogens with one attached hydrogen (secondary N) is 1. The number of aromatic nitrogens is 4. The maximum atomic E-state index is 14.8. The Hall–Kier alpha value is -3.18. The Kier molecular flexibility index (Phi) is 5.68. The SMILES string of the molecule is CC(C)n1cnnc1-c1cccc(NC(=O)c2cc3c(cc2F)CCN(S(=O)(=O)C2CC2)C3)n1. The molecule has 178 valence electrons. The fraction of sp³-hybridized carbons (Fsp3) is 0.391. The van der Waals surface area contributed by atoms with Crippen LogP contribution in [0.5, 0.6) is 0 Å². The number of halogens is 1. The second-order valence-electron chi connectivity index (χ2n) is 8.95. The lowest BCUT2D eigenvalue weighted by Crippen LogP contribution is -2.38. The van der Waals surface area contributed by atoms with Crippen LogP contribution in [0, 0.1) is 5.82 Å². The number of pyridine rings is 1. The standard InChI is InChI=1S/C23H25FN6O3S/c1-14(2)30-13-25-28-22(30)20-4-3-5-21(26-20)27-23(31)18-10-16-12-29(34(32,33)17-6-7-17)9-8-15(16)11-19(18)24/h3-5,10-11,13-14,17H,6-9,12H2,1-2H3,(H,26,27,31). The molecule has 0 saturated heterocycles. The van der Waals surface area contributed by atoms with Gasteiger partial charge in [-0.2, -0.15) is 4.31 Å². The molecule has 1 fully saturated rings. The highest BCUT2D eigenvalue weighted by Crippen LogP contribution is 2.34. The average Bonchev–Trinajstić information content (AvgIpc) is 3.55. The Morgan fingerprint density at radius 1 is 1.21 bits per heavy atom. The molecular formula is C23H25FN6O3S. The number of carbonyl (C=O) groups excluding carboxylic acids is 1. The highest BCUT2D eigenvalue weighted by molar-refractivity contribution is 7.90. The van der Waals surface area contributed by atoms with Gasteiger partial charge in [-0.25, -0.2) is 17.8 Å². The number of hydrogen-bond acceptors (Lipinski definition) is 6. The summed E-state index contributed by atoms with van der Waals surface area (Å²) in [6.45, 7) is 4.46. The summed E-state index contributed by atoms with van der Waals surface area (Å²) < 4.78 is 43.4. The van der Waals surface area contributed by atoms with Crippen LogP contribution in [0.15, 0.2) is 36.7 Å². The molecule has 3 aromatic rings. The van der Waals surface area contributed by atoms with E-state index in [1.54, 1.807) is 24.5 Å². The Morgan fingerprint density at radius 3 is 2.74 bits per heavy atom. The van der Waals surface area contributed by atoms with Gasteiger partial charge < -0.3 is 9.88 Å². The van der Waals surface area contributed by atoms with Gasteiger partial charge >= 0.3 is 0 Å². The van der Waals surface area contributed by atoms with Gasteiger partial charge in [0.25, 0.3) is 5.91 Å². The van der Waals surface area contributed by atoms with Crippen LogP contribution in [-0.2, 0) is 23.0 Å². The normalized spacial score (nSPS) is 16.5. The van der Waals surface area contributed by atoms with E-state index in [0.29, 0.717) is 42.9 Å². The van der Waals surface area contributed by atoms with Gasteiger partial charge in [-0.15, -0.1) is 10.2 Å². The first-order valence-corrected chi connectivity index (χ1v) is 12.7. The summed E-state index contributed by atoms with van der Waals surface area (Å²) >= 11 is 0. The van der Waals surface area contributed by atoms with Crippen LogP contribution < -0.4 is 5.32 Å². The Bertz CT molecular complexity index is 1370. The minimum Gasteiger partial charge on any atom is -0.310 e. The number of anilines is 1. The Morgan fingerprint density at radius 2 is 2.00 bits per heavy atom. The van der Waals surface area contributed by atoms with Gasteiger partial charge in [-0.05, 0) is 68.5 Å². The molecule has 2 aromatic heterocycles. The lowest BCUT2D eigenvalue weighted by atomic mass is 9.97. The van der Waals surface area contributed by atoms with Gasteiger partial charge in [0, 0.05) is 19.1 Å². The number of nitrogens with zero attached hydrogens (tertiary/aromatic N) is 5. The van der Waals surface area contributed by atoms with Crippen LogP contribution >= 0.6 is 0 Å². The number of fused-ring (bicyclic) bond motifs is 1. The third-order valence-corrected chi connectivity index (χ3v) is 8.51. The number of sulfonamides is 1. The molecule has 0 radical (unpaired) electrons. The average molecular weight is 485 g/mol. The minimum absolute atomic E-state index is 0.123. The van der Waals surface area contributed by atoms with Gasteiger partial charge in [-0.3, -0.25) is 4.79 Å². The molecule has 1 N–H and O–H groups in total. The van der Waals surface area contributed by atoms with E-state index < -0.39 is 21.7 Å². The zero-order chi connectivity index (χ0) is 24.0. The highest BCUT2D eigenvalue weighted by Gasteiger charge is 2.41. The van der Waals surface area contributed by atoms with Gasteiger partial charge in [0.2, 0.25) is 10.0 Å². The lowest BCUT2D eigenvalue weighted by Gasteiger charge is -2.28. The largest absolute Gasteiger partial charge is 0.310 e. The van der Waals surface area contributed by atoms with Crippen molar-refractivity contribution in [3.05, 3.63) is 59.2 Å². The molecule has 1 aromatic carbocycles. The summed E-state index contributed by atoms with van der Waals surface area (Å²) in [6.07, 6.45) is 3.40. The molecule has 11 heteroatoms. The quantitative estimate of drug-likeness (QED) is 0.576. The molecule has 1 aliphatic carbocycles. The molecule has 3 heterocycles. The predicted molar refractivity (Wildman–Crippen MR) is 124 cm³/mol.